The lowest BCUT2D eigenvalue weighted by molar-refractivity contribution is -0.146. The molecule has 0 aliphatic heterocycles. The molecule has 0 amide bonds. The molecule has 0 heterocycles. The molecule has 1 aliphatic rings. The van der Waals surface area contributed by atoms with E-state index in [1.165, 1.54) is 0 Å². The molecule has 1 aliphatic carbocycles. The smallest absolute Gasteiger partial charge is 0.324 e. The second-order valence-electron chi connectivity index (χ2n) is 4.26. The molecule has 0 radical (unpaired) electrons. The Hall–Kier alpha value is -0.505. The van der Waals surface area contributed by atoms with Crippen molar-refractivity contribution < 1.29 is 9.90 Å². The van der Waals surface area contributed by atoms with Crippen LogP contribution in [0.1, 0.15) is 32.1 Å². The molecule has 0 bridgehead atoms. The Morgan fingerprint density at radius 1 is 1.71 bits per heavy atom. The van der Waals surface area contributed by atoms with Crippen molar-refractivity contribution >= 4 is 13.8 Å². The van der Waals surface area contributed by atoms with Crippen LogP contribution in [0.25, 0.3) is 0 Å². The summed E-state index contributed by atoms with van der Waals surface area (Å²) in [6.07, 6.45) is 6.23. The van der Waals surface area contributed by atoms with Gasteiger partial charge in [-0.2, -0.15) is 0 Å². The second-order valence-corrected chi connectivity index (χ2v) is 4.26. The molecule has 1 saturated carbocycles. The summed E-state index contributed by atoms with van der Waals surface area (Å²) in [5, 5.41) is 12.3. The Balaban J connectivity index is 2.67. The first kappa shape index (κ1) is 11.6. The third kappa shape index (κ3) is 1.95. The van der Waals surface area contributed by atoms with Crippen LogP contribution < -0.4 is 5.32 Å². The Labute approximate surface area is 86.7 Å². The van der Waals surface area contributed by atoms with Gasteiger partial charge in [-0.3, -0.25) is 4.79 Å². The fraction of sp³-hybridized carbons (Fsp3) is 0.900. The fourth-order valence-corrected chi connectivity index (χ4v) is 2.64. The van der Waals surface area contributed by atoms with Crippen molar-refractivity contribution in [2.24, 2.45) is 5.92 Å². The number of rotatable bonds is 5. The van der Waals surface area contributed by atoms with Crippen molar-refractivity contribution in [3.8, 4) is 0 Å². The number of carboxylic acid groups (broad SMARTS) is 1. The zero-order chi connectivity index (χ0) is 10.6. The monoisotopic (exact) mass is 197 g/mol. The first-order valence-corrected chi connectivity index (χ1v) is 5.59. The van der Waals surface area contributed by atoms with E-state index >= 15 is 0 Å². The number of hydrogen-bond donors (Lipinski definition) is 2. The summed E-state index contributed by atoms with van der Waals surface area (Å²) in [6.45, 7) is 0. The van der Waals surface area contributed by atoms with E-state index in [4.69, 9.17) is 0 Å². The highest BCUT2D eigenvalue weighted by molar-refractivity contribution is 6.08. The van der Waals surface area contributed by atoms with Gasteiger partial charge in [-0.25, -0.2) is 0 Å². The molecule has 2 N–H and O–H groups in total. The highest BCUT2D eigenvalue weighted by atomic mass is 16.4. The summed E-state index contributed by atoms with van der Waals surface area (Å²) in [7, 11) is 3.93. The van der Waals surface area contributed by atoms with Crippen LogP contribution in [-0.4, -0.2) is 31.5 Å². The molecule has 0 spiro atoms. The van der Waals surface area contributed by atoms with E-state index in [1.807, 2.05) is 0 Å². The quantitative estimate of drug-likeness (QED) is 0.636. The summed E-state index contributed by atoms with van der Waals surface area (Å²) in [5.41, 5.74) is -0.630. The van der Waals surface area contributed by atoms with Gasteiger partial charge in [0.1, 0.15) is 13.4 Å². The third-order valence-corrected chi connectivity index (χ3v) is 3.55. The molecular weight excluding hydrogens is 177 g/mol. The summed E-state index contributed by atoms with van der Waals surface area (Å²) in [5.74, 6) is -0.344. The average molecular weight is 197 g/mol. The number of carbonyl (C=O) groups is 1. The topological polar surface area (TPSA) is 49.3 Å². The molecule has 0 aromatic rings. The van der Waals surface area contributed by atoms with E-state index in [1.54, 1.807) is 7.05 Å². The predicted molar refractivity (Wildman–Crippen MR) is 59.4 cm³/mol. The van der Waals surface area contributed by atoms with E-state index in [9.17, 15) is 9.90 Å². The van der Waals surface area contributed by atoms with Crippen LogP contribution in [0.2, 0.25) is 6.32 Å². The first-order valence-electron chi connectivity index (χ1n) is 5.59. The van der Waals surface area contributed by atoms with Crippen molar-refractivity contribution in [1.29, 1.82) is 0 Å². The van der Waals surface area contributed by atoms with Gasteiger partial charge in [0, 0.05) is 0 Å². The maximum absolute atomic E-state index is 11.3. The molecular formula is C10H20BNO2. The van der Waals surface area contributed by atoms with Crippen LogP contribution in [0.3, 0.4) is 0 Å². The van der Waals surface area contributed by atoms with Gasteiger partial charge in [-0.1, -0.05) is 19.2 Å². The maximum Gasteiger partial charge on any atom is 0.324 e. The largest absolute Gasteiger partial charge is 0.480 e. The summed E-state index contributed by atoms with van der Waals surface area (Å²) in [4.78, 5) is 11.3. The molecule has 1 fully saturated rings. The van der Waals surface area contributed by atoms with Gasteiger partial charge in [0.25, 0.3) is 0 Å². The van der Waals surface area contributed by atoms with Gasteiger partial charge in [-0.15, -0.1) is 0 Å². The van der Waals surface area contributed by atoms with Crippen LogP contribution >= 0.6 is 0 Å². The molecule has 14 heavy (non-hydrogen) atoms. The van der Waals surface area contributed by atoms with Crippen molar-refractivity contribution in [1.82, 2.24) is 5.32 Å². The van der Waals surface area contributed by atoms with Gasteiger partial charge >= 0.3 is 5.97 Å². The highest BCUT2D eigenvalue weighted by Crippen LogP contribution is 2.38. The molecule has 2 atom stereocenters. The van der Waals surface area contributed by atoms with Crippen LogP contribution in [0.5, 0.6) is 0 Å². The first-order chi connectivity index (χ1) is 6.67. The summed E-state index contributed by atoms with van der Waals surface area (Å²) < 4.78 is 0. The van der Waals surface area contributed by atoms with Crippen molar-refractivity contribution in [3.05, 3.63) is 0 Å². The average Bonchev–Trinajstić information content (AvgIpc) is 2.58. The number of nitrogens with one attached hydrogen (secondary N) is 1. The lowest BCUT2D eigenvalue weighted by atomic mass is 9.82. The minimum atomic E-state index is -0.668. The molecule has 0 aromatic carbocycles. The Kier molecular flexibility index (Phi) is 3.99. The Morgan fingerprint density at radius 2 is 2.43 bits per heavy atom. The Bertz CT molecular complexity index is 210. The molecule has 0 saturated heterocycles. The molecule has 4 heteroatoms. The van der Waals surface area contributed by atoms with Crippen LogP contribution in [0.4, 0.5) is 0 Å². The second kappa shape index (κ2) is 4.83. The van der Waals surface area contributed by atoms with E-state index in [-0.39, 0.29) is 0 Å². The minimum Gasteiger partial charge on any atom is -0.480 e. The SMILES string of the molecule is BCCC[C@H]1CCC[C@@]1(NC)C(=O)O. The number of hydrogen-bond acceptors (Lipinski definition) is 2. The van der Waals surface area contributed by atoms with Gasteiger partial charge in [-0.05, 0) is 32.2 Å². The van der Waals surface area contributed by atoms with E-state index in [0.29, 0.717) is 5.92 Å². The molecule has 0 aromatic heterocycles. The molecule has 1 rings (SSSR count). The number of aliphatic carboxylic acids is 1. The van der Waals surface area contributed by atoms with Crippen LogP contribution in [0.15, 0.2) is 0 Å². The van der Waals surface area contributed by atoms with Gasteiger partial charge in [0.2, 0.25) is 0 Å². The standard InChI is InChI=1S/C10H20BNO2/c1-12-10(9(13)14)6-2-4-8(10)5-3-7-11/h8,12H,2-7,11H2,1H3,(H,13,14)/t8-,10+/m1/s1. The maximum atomic E-state index is 11.3. The number of likely N-dealkylation sites (N-methyl/N-ethyl adjacent to an activating group) is 1. The van der Waals surface area contributed by atoms with Crippen molar-refractivity contribution in [2.45, 2.75) is 44.0 Å². The van der Waals surface area contributed by atoms with E-state index in [0.717, 1.165) is 38.4 Å². The highest BCUT2D eigenvalue weighted by Gasteiger charge is 2.47. The summed E-state index contributed by atoms with van der Waals surface area (Å²) in [6, 6.07) is 0. The number of carboxylic acids is 1. The van der Waals surface area contributed by atoms with Crippen LogP contribution in [-0.2, 0) is 4.79 Å². The predicted octanol–water partition coefficient (Wildman–Crippen LogP) is 0.661. The van der Waals surface area contributed by atoms with E-state index in [2.05, 4.69) is 13.2 Å². The van der Waals surface area contributed by atoms with Gasteiger partial charge < -0.3 is 10.4 Å². The normalized spacial score (nSPS) is 31.9. The molecule has 3 nitrogen and oxygen atoms in total. The summed E-state index contributed by atoms with van der Waals surface area (Å²) >= 11 is 0. The van der Waals surface area contributed by atoms with Gasteiger partial charge in [0.15, 0.2) is 0 Å². The van der Waals surface area contributed by atoms with Crippen molar-refractivity contribution in [3.63, 3.8) is 0 Å². The van der Waals surface area contributed by atoms with Crippen molar-refractivity contribution in [2.75, 3.05) is 7.05 Å². The molecule has 0 unspecified atom stereocenters. The zero-order valence-corrected chi connectivity index (χ0v) is 9.18. The fourth-order valence-electron chi connectivity index (χ4n) is 2.64. The molecule has 80 valence electrons. The lowest BCUT2D eigenvalue weighted by Gasteiger charge is -2.30. The van der Waals surface area contributed by atoms with Crippen LogP contribution in [0, 0.1) is 5.92 Å². The third-order valence-electron chi connectivity index (χ3n) is 3.55. The lowest BCUT2D eigenvalue weighted by Crippen LogP contribution is -2.53. The zero-order valence-electron chi connectivity index (χ0n) is 9.18. The minimum absolute atomic E-state index is 0.324. The van der Waals surface area contributed by atoms with E-state index < -0.39 is 11.5 Å². The van der Waals surface area contributed by atoms with Gasteiger partial charge in [0.05, 0.1) is 0 Å². The Morgan fingerprint density at radius 3 is 2.93 bits per heavy atom.